The number of hydrogen-bond acceptors (Lipinski definition) is 5. The van der Waals surface area contributed by atoms with Crippen molar-refractivity contribution in [3.63, 3.8) is 0 Å². The van der Waals surface area contributed by atoms with Gasteiger partial charge < -0.3 is 10.6 Å². The maximum absolute atomic E-state index is 13.2. The normalized spacial score (nSPS) is 19.4. The molecule has 2 amide bonds. The average Bonchev–Trinajstić information content (AvgIpc) is 3.35. The molecule has 2 aliphatic heterocycles. The average molecular weight is 534 g/mol. The Morgan fingerprint density at radius 2 is 1.86 bits per heavy atom. The second-order valence-corrected chi connectivity index (χ2v) is 10.4. The molecule has 3 heterocycles. The van der Waals surface area contributed by atoms with Gasteiger partial charge in [-0.25, -0.2) is 13.8 Å². The summed E-state index contributed by atoms with van der Waals surface area (Å²) >= 11 is 6.16. The fourth-order valence-electron chi connectivity index (χ4n) is 5.33. The van der Waals surface area contributed by atoms with E-state index in [1.54, 1.807) is 6.92 Å². The number of halogens is 3. The number of nitrogens with one attached hydrogen (secondary N) is 2. The molecule has 0 aliphatic carbocycles. The van der Waals surface area contributed by atoms with E-state index in [0.717, 1.165) is 62.4 Å². The predicted molar refractivity (Wildman–Crippen MR) is 140 cm³/mol. The third-order valence-corrected chi connectivity index (χ3v) is 7.56. The lowest BCUT2D eigenvalue weighted by Crippen LogP contribution is -2.50. The second kappa shape index (κ2) is 12.3. The van der Waals surface area contributed by atoms with Gasteiger partial charge in [0.25, 0.3) is 12.3 Å². The van der Waals surface area contributed by atoms with E-state index in [4.69, 9.17) is 11.6 Å². The number of carbonyl (C=O) groups excluding carboxylic acids is 2. The van der Waals surface area contributed by atoms with Crippen LogP contribution < -0.4 is 10.6 Å². The quantitative estimate of drug-likeness (QED) is 0.525. The van der Waals surface area contributed by atoms with Crippen molar-refractivity contribution in [2.45, 2.75) is 64.6 Å². The number of benzene rings is 1. The summed E-state index contributed by atoms with van der Waals surface area (Å²) in [5.41, 5.74) is 3.05. The van der Waals surface area contributed by atoms with Crippen molar-refractivity contribution in [2.24, 2.45) is 0 Å². The van der Waals surface area contributed by atoms with Crippen molar-refractivity contribution in [2.75, 3.05) is 31.5 Å². The number of carbonyl (C=O) groups is 2. The van der Waals surface area contributed by atoms with Gasteiger partial charge in [0.1, 0.15) is 5.82 Å². The number of aryl methyl sites for hydroxylation is 2. The van der Waals surface area contributed by atoms with Gasteiger partial charge in [-0.1, -0.05) is 23.7 Å². The molecule has 2 aliphatic rings. The van der Waals surface area contributed by atoms with Crippen LogP contribution in [0.5, 0.6) is 0 Å². The summed E-state index contributed by atoms with van der Waals surface area (Å²) in [4.78, 5) is 34.5. The van der Waals surface area contributed by atoms with Crippen molar-refractivity contribution in [1.29, 1.82) is 0 Å². The maximum atomic E-state index is 13.2. The molecular formula is C27H34ClF2N5O2. The van der Waals surface area contributed by atoms with E-state index in [-0.39, 0.29) is 23.3 Å². The summed E-state index contributed by atoms with van der Waals surface area (Å²) in [5, 5.41) is 5.84. The molecule has 0 unspecified atom stereocenters. The Hall–Kier alpha value is -2.62. The minimum atomic E-state index is -2.63. The number of hydrogen-bond donors (Lipinski definition) is 2. The van der Waals surface area contributed by atoms with Gasteiger partial charge in [-0.3, -0.25) is 19.4 Å². The van der Waals surface area contributed by atoms with Crippen LogP contribution in [0.2, 0.25) is 5.02 Å². The first-order valence-electron chi connectivity index (χ1n) is 12.8. The lowest BCUT2D eigenvalue weighted by atomic mass is 10.0. The molecule has 4 rings (SSSR count). The van der Waals surface area contributed by atoms with Gasteiger partial charge in [0.15, 0.2) is 0 Å². The number of aromatic nitrogens is 1. The van der Waals surface area contributed by atoms with E-state index in [9.17, 15) is 18.4 Å². The molecule has 200 valence electrons. The van der Waals surface area contributed by atoms with Crippen LogP contribution >= 0.6 is 11.6 Å². The summed E-state index contributed by atoms with van der Waals surface area (Å²) < 4.78 is 24.9. The molecular weight excluding hydrogens is 500 g/mol. The highest BCUT2D eigenvalue weighted by atomic mass is 35.5. The molecule has 1 atom stereocenters. The molecule has 0 bridgehead atoms. The summed E-state index contributed by atoms with van der Waals surface area (Å²) in [6.45, 7) is 6.69. The number of anilines is 1. The van der Waals surface area contributed by atoms with Crippen molar-refractivity contribution >= 4 is 29.2 Å². The van der Waals surface area contributed by atoms with Crippen molar-refractivity contribution < 1.29 is 18.4 Å². The molecule has 2 saturated heterocycles. The Balaban J connectivity index is 1.33. The van der Waals surface area contributed by atoms with E-state index in [0.29, 0.717) is 11.7 Å². The first-order valence-corrected chi connectivity index (χ1v) is 13.2. The number of likely N-dealkylation sites (tertiary alicyclic amines) is 2. The van der Waals surface area contributed by atoms with Crippen LogP contribution in [-0.2, 0) is 11.3 Å². The highest BCUT2D eigenvalue weighted by Crippen LogP contribution is 2.28. The molecule has 0 spiro atoms. The fourth-order valence-corrected chi connectivity index (χ4v) is 5.44. The minimum absolute atomic E-state index is 0.145. The number of nitrogens with zero attached hydrogens (tertiary/aromatic N) is 3. The molecule has 0 radical (unpaired) electrons. The molecule has 2 aromatic rings. The summed E-state index contributed by atoms with van der Waals surface area (Å²) in [7, 11) is 0. The van der Waals surface area contributed by atoms with E-state index in [1.807, 2.05) is 13.0 Å². The molecule has 7 nitrogen and oxygen atoms in total. The summed E-state index contributed by atoms with van der Waals surface area (Å²) in [6, 6.07) is 9.20. The number of amides is 2. The first-order chi connectivity index (χ1) is 17.7. The number of alkyl halides is 2. The van der Waals surface area contributed by atoms with Gasteiger partial charge >= 0.3 is 0 Å². The van der Waals surface area contributed by atoms with Crippen LogP contribution in [0.25, 0.3) is 0 Å². The van der Waals surface area contributed by atoms with E-state index in [1.165, 1.54) is 17.7 Å². The summed E-state index contributed by atoms with van der Waals surface area (Å²) in [5.74, 6) is -0.509. The van der Waals surface area contributed by atoms with Crippen molar-refractivity contribution in [3.05, 3.63) is 57.7 Å². The number of piperidine rings is 1. The standard InChI is InChI=1S/C27H34ClF2N5O2/c1-17-12-19(5-6-22(17)28)16-34-10-7-21(8-11-34)35-9-3-4-23(35)27(37)33-25-14-20(13-18(2)32-25)26(36)31-15-24(29)30/h5-6,12-14,21,23-24H,3-4,7-11,15-16H2,1-2H3,(H,31,36)(H,32,33,37)/t23-/m1/s1. The predicted octanol–water partition coefficient (Wildman–Crippen LogP) is 4.41. The lowest BCUT2D eigenvalue weighted by molar-refractivity contribution is -0.121. The highest BCUT2D eigenvalue weighted by molar-refractivity contribution is 6.31. The van der Waals surface area contributed by atoms with Crippen LogP contribution in [0.15, 0.2) is 30.3 Å². The van der Waals surface area contributed by atoms with Crippen LogP contribution in [0.4, 0.5) is 14.6 Å². The number of pyridine rings is 1. The molecule has 1 aromatic carbocycles. The second-order valence-electron chi connectivity index (χ2n) is 9.96. The summed E-state index contributed by atoms with van der Waals surface area (Å²) in [6.07, 6.45) is 1.07. The van der Waals surface area contributed by atoms with Crippen molar-refractivity contribution in [1.82, 2.24) is 20.1 Å². The van der Waals surface area contributed by atoms with Gasteiger partial charge in [-0.2, -0.15) is 0 Å². The van der Waals surface area contributed by atoms with Gasteiger partial charge in [0.05, 0.1) is 12.6 Å². The van der Waals surface area contributed by atoms with Crippen LogP contribution in [0.1, 0.15) is 52.9 Å². The van der Waals surface area contributed by atoms with E-state index >= 15 is 0 Å². The lowest BCUT2D eigenvalue weighted by Gasteiger charge is -2.39. The molecule has 2 fully saturated rings. The smallest absolute Gasteiger partial charge is 0.255 e. The Labute approximate surface area is 221 Å². The Morgan fingerprint density at radius 1 is 1.11 bits per heavy atom. The monoisotopic (exact) mass is 533 g/mol. The van der Waals surface area contributed by atoms with Gasteiger partial charge in [-0.15, -0.1) is 0 Å². The highest BCUT2D eigenvalue weighted by Gasteiger charge is 2.37. The zero-order valence-corrected chi connectivity index (χ0v) is 22.0. The largest absolute Gasteiger partial charge is 0.346 e. The maximum Gasteiger partial charge on any atom is 0.255 e. The third kappa shape index (κ3) is 7.24. The van der Waals surface area contributed by atoms with E-state index in [2.05, 4.69) is 37.6 Å². The SMILES string of the molecule is Cc1cc(C(=O)NCC(F)F)cc(NC(=O)[C@H]2CCCN2C2CCN(Cc3ccc(Cl)c(C)c3)CC2)n1. The van der Waals surface area contributed by atoms with Gasteiger partial charge in [-0.05, 0) is 88.5 Å². The zero-order chi connectivity index (χ0) is 26.5. The molecule has 0 saturated carbocycles. The molecule has 10 heteroatoms. The Kier molecular flexibility index (Phi) is 9.10. The van der Waals surface area contributed by atoms with Gasteiger partial charge in [0, 0.05) is 28.9 Å². The number of rotatable bonds is 8. The van der Waals surface area contributed by atoms with E-state index < -0.39 is 18.9 Å². The topological polar surface area (TPSA) is 77.6 Å². The third-order valence-electron chi connectivity index (χ3n) is 7.14. The minimum Gasteiger partial charge on any atom is -0.346 e. The molecule has 37 heavy (non-hydrogen) atoms. The van der Waals surface area contributed by atoms with Crippen molar-refractivity contribution in [3.8, 4) is 0 Å². The zero-order valence-electron chi connectivity index (χ0n) is 21.3. The fraction of sp³-hybridized carbons (Fsp3) is 0.519. The molecule has 1 aromatic heterocycles. The Morgan fingerprint density at radius 3 is 2.57 bits per heavy atom. The molecule has 2 N–H and O–H groups in total. The van der Waals surface area contributed by atoms with Crippen LogP contribution in [0, 0.1) is 13.8 Å². The van der Waals surface area contributed by atoms with Crippen LogP contribution in [-0.4, -0.2) is 71.3 Å². The van der Waals surface area contributed by atoms with Crippen LogP contribution in [0.3, 0.4) is 0 Å². The first kappa shape index (κ1) is 27.4. The van der Waals surface area contributed by atoms with Gasteiger partial charge in [0.2, 0.25) is 5.91 Å². The Bertz CT molecular complexity index is 1120.